The van der Waals surface area contributed by atoms with Gasteiger partial charge in [-0.1, -0.05) is 12.8 Å². The van der Waals surface area contributed by atoms with E-state index in [0.717, 1.165) is 44.8 Å². The lowest BCUT2D eigenvalue weighted by molar-refractivity contribution is -0.126. The Balaban J connectivity index is 1.40. The minimum atomic E-state index is 0.205. The molecule has 0 bridgehead atoms. The van der Waals surface area contributed by atoms with Gasteiger partial charge in [-0.25, -0.2) is 0 Å². The molecule has 3 rings (SSSR count). The topological polar surface area (TPSA) is 44.4 Å². The summed E-state index contributed by atoms with van der Waals surface area (Å²) in [5.41, 5.74) is 0. The summed E-state index contributed by atoms with van der Waals surface area (Å²) in [6.07, 6.45) is 10.1. The quantitative estimate of drug-likeness (QED) is 0.823. The molecule has 2 heterocycles. The molecular weight excluding hydrogens is 250 g/mol. The molecule has 0 aromatic carbocycles. The van der Waals surface area contributed by atoms with Gasteiger partial charge in [0.25, 0.3) is 0 Å². The van der Waals surface area contributed by atoms with Crippen LogP contribution in [0.1, 0.15) is 51.4 Å². The van der Waals surface area contributed by atoms with Crippen LogP contribution in [0.2, 0.25) is 0 Å². The largest absolute Gasteiger partial charge is 0.353 e. The number of piperidine rings is 2. The van der Waals surface area contributed by atoms with E-state index in [1.807, 2.05) is 0 Å². The van der Waals surface area contributed by atoms with Crippen LogP contribution in [0, 0.1) is 5.92 Å². The Labute approximate surface area is 122 Å². The highest BCUT2D eigenvalue weighted by Crippen LogP contribution is 2.26. The minimum Gasteiger partial charge on any atom is -0.353 e. The van der Waals surface area contributed by atoms with E-state index in [1.54, 1.807) is 0 Å². The maximum absolute atomic E-state index is 12.2. The number of carbonyl (C=O) groups is 1. The van der Waals surface area contributed by atoms with Gasteiger partial charge >= 0.3 is 0 Å². The molecule has 4 heteroatoms. The number of nitrogens with one attached hydrogen (secondary N) is 2. The third kappa shape index (κ3) is 3.53. The van der Waals surface area contributed by atoms with Gasteiger partial charge in [-0.05, 0) is 45.1 Å². The van der Waals surface area contributed by atoms with Crippen LogP contribution in [0.5, 0.6) is 0 Å². The average Bonchev–Trinajstić information content (AvgIpc) is 3.03. The molecule has 1 saturated carbocycles. The summed E-state index contributed by atoms with van der Waals surface area (Å²) in [7, 11) is 0. The van der Waals surface area contributed by atoms with Gasteiger partial charge in [0, 0.05) is 31.7 Å². The Morgan fingerprint density at radius 1 is 1.00 bits per heavy atom. The molecule has 2 aliphatic heterocycles. The molecule has 1 amide bonds. The van der Waals surface area contributed by atoms with Crippen molar-refractivity contribution in [2.24, 2.45) is 5.92 Å². The van der Waals surface area contributed by atoms with Crippen molar-refractivity contribution in [2.75, 3.05) is 26.2 Å². The zero-order valence-electron chi connectivity index (χ0n) is 12.6. The Morgan fingerprint density at radius 2 is 1.75 bits per heavy atom. The number of likely N-dealkylation sites (tertiary alicyclic amines) is 1. The van der Waals surface area contributed by atoms with E-state index in [1.165, 1.54) is 38.8 Å². The summed E-state index contributed by atoms with van der Waals surface area (Å²) in [6.45, 7) is 4.30. The van der Waals surface area contributed by atoms with E-state index >= 15 is 0 Å². The van der Waals surface area contributed by atoms with Crippen molar-refractivity contribution in [3.63, 3.8) is 0 Å². The summed E-state index contributed by atoms with van der Waals surface area (Å²) in [5, 5.41) is 6.62. The summed E-state index contributed by atoms with van der Waals surface area (Å²) < 4.78 is 0. The van der Waals surface area contributed by atoms with Gasteiger partial charge in [-0.15, -0.1) is 0 Å². The zero-order valence-corrected chi connectivity index (χ0v) is 12.6. The minimum absolute atomic E-state index is 0.205. The second-order valence-corrected chi connectivity index (χ2v) is 6.80. The molecule has 3 fully saturated rings. The first-order chi connectivity index (χ1) is 9.83. The van der Waals surface area contributed by atoms with Crippen molar-refractivity contribution in [3.05, 3.63) is 0 Å². The summed E-state index contributed by atoms with van der Waals surface area (Å²) in [6, 6.07) is 1.26. The number of rotatable bonds is 3. The average molecular weight is 279 g/mol. The van der Waals surface area contributed by atoms with E-state index < -0.39 is 0 Å². The van der Waals surface area contributed by atoms with E-state index in [2.05, 4.69) is 15.5 Å². The fraction of sp³-hybridized carbons (Fsp3) is 0.938. The van der Waals surface area contributed by atoms with Crippen LogP contribution >= 0.6 is 0 Å². The predicted molar refractivity (Wildman–Crippen MR) is 80.6 cm³/mol. The molecule has 0 aromatic heterocycles. The number of carbonyl (C=O) groups excluding carboxylic acids is 1. The summed E-state index contributed by atoms with van der Waals surface area (Å²) >= 11 is 0. The van der Waals surface area contributed by atoms with Gasteiger partial charge in [-0.3, -0.25) is 4.79 Å². The lowest BCUT2D eigenvalue weighted by Crippen LogP contribution is -2.50. The maximum Gasteiger partial charge on any atom is 0.224 e. The molecule has 114 valence electrons. The Hall–Kier alpha value is -0.610. The van der Waals surface area contributed by atoms with Gasteiger partial charge in [0.05, 0.1) is 5.92 Å². The fourth-order valence-electron chi connectivity index (χ4n) is 4.07. The first-order valence-corrected chi connectivity index (χ1v) is 8.58. The third-order valence-corrected chi connectivity index (χ3v) is 5.38. The van der Waals surface area contributed by atoms with Gasteiger partial charge in [0.1, 0.15) is 0 Å². The molecule has 2 saturated heterocycles. The lowest BCUT2D eigenvalue weighted by atomic mass is 9.97. The van der Waals surface area contributed by atoms with Gasteiger partial charge in [0.2, 0.25) is 5.91 Å². The SMILES string of the molecule is O=C(NC1CCN(C2CCCC2)CC1)C1CCCNC1. The van der Waals surface area contributed by atoms with E-state index in [0.29, 0.717) is 6.04 Å². The first-order valence-electron chi connectivity index (χ1n) is 8.58. The smallest absolute Gasteiger partial charge is 0.224 e. The molecule has 3 aliphatic rings. The summed E-state index contributed by atoms with van der Waals surface area (Å²) in [5.74, 6) is 0.494. The molecule has 0 radical (unpaired) electrons. The van der Waals surface area contributed by atoms with Crippen molar-refractivity contribution < 1.29 is 4.79 Å². The zero-order chi connectivity index (χ0) is 13.8. The molecule has 20 heavy (non-hydrogen) atoms. The molecule has 1 unspecified atom stereocenters. The number of nitrogens with zero attached hydrogens (tertiary/aromatic N) is 1. The van der Waals surface area contributed by atoms with Crippen LogP contribution in [0.3, 0.4) is 0 Å². The second-order valence-electron chi connectivity index (χ2n) is 6.80. The van der Waals surface area contributed by atoms with Crippen molar-refractivity contribution >= 4 is 5.91 Å². The number of hydrogen-bond donors (Lipinski definition) is 2. The van der Waals surface area contributed by atoms with E-state index in [9.17, 15) is 4.79 Å². The van der Waals surface area contributed by atoms with Crippen LogP contribution in [0.4, 0.5) is 0 Å². The van der Waals surface area contributed by atoms with Crippen molar-refractivity contribution in [2.45, 2.75) is 63.5 Å². The van der Waals surface area contributed by atoms with Crippen LogP contribution in [0.15, 0.2) is 0 Å². The molecule has 1 aliphatic carbocycles. The molecule has 0 spiro atoms. The van der Waals surface area contributed by atoms with Crippen LogP contribution in [-0.2, 0) is 4.79 Å². The monoisotopic (exact) mass is 279 g/mol. The summed E-state index contributed by atoms with van der Waals surface area (Å²) in [4.78, 5) is 14.9. The van der Waals surface area contributed by atoms with Crippen LogP contribution in [-0.4, -0.2) is 49.1 Å². The second kappa shape index (κ2) is 6.90. The van der Waals surface area contributed by atoms with Crippen molar-refractivity contribution in [3.8, 4) is 0 Å². The number of amides is 1. The Bertz CT molecular complexity index is 314. The molecule has 2 N–H and O–H groups in total. The first kappa shape index (κ1) is 14.3. The Kier molecular flexibility index (Phi) is 4.94. The molecule has 0 aromatic rings. The normalized spacial score (nSPS) is 30.5. The van der Waals surface area contributed by atoms with Gasteiger partial charge < -0.3 is 15.5 Å². The molecule has 4 nitrogen and oxygen atoms in total. The fourth-order valence-corrected chi connectivity index (χ4v) is 4.07. The standard InChI is InChI=1S/C16H29N3O/c20-16(13-4-3-9-17-12-13)18-14-7-10-19(11-8-14)15-5-1-2-6-15/h13-15,17H,1-12H2,(H,18,20). The highest BCUT2D eigenvalue weighted by molar-refractivity contribution is 5.79. The van der Waals surface area contributed by atoms with Crippen LogP contribution in [0.25, 0.3) is 0 Å². The van der Waals surface area contributed by atoms with Gasteiger partial charge in [-0.2, -0.15) is 0 Å². The number of hydrogen-bond acceptors (Lipinski definition) is 3. The lowest BCUT2D eigenvalue weighted by Gasteiger charge is -2.36. The van der Waals surface area contributed by atoms with Crippen molar-refractivity contribution in [1.82, 2.24) is 15.5 Å². The van der Waals surface area contributed by atoms with E-state index in [4.69, 9.17) is 0 Å². The Morgan fingerprint density at radius 3 is 2.40 bits per heavy atom. The molecule has 1 atom stereocenters. The predicted octanol–water partition coefficient (Wildman–Crippen LogP) is 1.51. The highest BCUT2D eigenvalue weighted by Gasteiger charge is 2.29. The van der Waals surface area contributed by atoms with Crippen molar-refractivity contribution in [1.29, 1.82) is 0 Å². The third-order valence-electron chi connectivity index (χ3n) is 5.38. The highest BCUT2D eigenvalue weighted by atomic mass is 16.2. The van der Waals surface area contributed by atoms with Crippen LogP contribution < -0.4 is 10.6 Å². The molecular formula is C16H29N3O. The van der Waals surface area contributed by atoms with Gasteiger partial charge in [0.15, 0.2) is 0 Å². The van der Waals surface area contributed by atoms with E-state index in [-0.39, 0.29) is 11.8 Å². The maximum atomic E-state index is 12.2.